The van der Waals surface area contributed by atoms with Crippen molar-refractivity contribution in [3.05, 3.63) is 16.0 Å². The minimum atomic E-state index is -1.19. The molecule has 1 heterocycles. The lowest BCUT2D eigenvalue weighted by molar-refractivity contribution is -0.145. The van der Waals surface area contributed by atoms with Crippen LogP contribution in [0.1, 0.15) is 18.7 Å². The number of H-pyrrole nitrogens is 1. The molecule has 1 rings (SSSR count). The summed E-state index contributed by atoms with van der Waals surface area (Å²) < 4.78 is 8.80. The number of rotatable bonds is 3. The molecule has 0 fully saturated rings. The van der Waals surface area contributed by atoms with E-state index in [1.54, 1.807) is 6.92 Å². The summed E-state index contributed by atoms with van der Waals surface area (Å²) in [5.74, 6) is -0.707. The van der Waals surface area contributed by atoms with Crippen LogP contribution in [0.5, 0.6) is 0 Å². The van der Waals surface area contributed by atoms with Gasteiger partial charge >= 0.3 is 11.5 Å². The number of ether oxygens (including phenoxy) is 1. The van der Waals surface area contributed by atoms with Gasteiger partial charge in [-0.25, -0.2) is 4.79 Å². The summed E-state index contributed by atoms with van der Waals surface area (Å²) in [5.41, 5.74) is 4.55. The maximum atomic E-state index is 11.0. The van der Waals surface area contributed by atoms with Crippen molar-refractivity contribution in [2.75, 3.05) is 6.61 Å². The normalized spacial score (nSPS) is 11.6. The lowest BCUT2D eigenvalue weighted by Gasteiger charge is -2.04. The highest BCUT2D eigenvalue weighted by molar-refractivity contribution is 5.85. The third-order valence-corrected chi connectivity index (χ3v) is 1.35. The van der Waals surface area contributed by atoms with Gasteiger partial charge in [0.2, 0.25) is 0 Å². The van der Waals surface area contributed by atoms with Gasteiger partial charge in [-0.3, -0.25) is 9.42 Å². The highest BCUT2D eigenvalue weighted by atomic mass is 35.5. The maximum Gasteiger partial charge on any atom is 0.329 e. The number of halogens is 1. The first-order valence-corrected chi connectivity index (χ1v) is 3.63. The molecule has 0 amide bonds. The molecule has 8 heteroatoms. The smallest absolute Gasteiger partial charge is 0.329 e. The van der Waals surface area contributed by atoms with E-state index in [1.165, 1.54) is 0 Å². The summed E-state index contributed by atoms with van der Waals surface area (Å²) in [5, 5.41) is 5.17. The monoisotopic (exact) mass is 223 g/mol. The van der Waals surface area contributed by atoms with Crippen LogP contribution >= 0.6 is 12.4 Å². The SMILES string of the molecule is CCOC(=O)C(N)c1no[nH]c1=O.Cl. The molecule has 7 nitrogen and oxygen atoms in total. The lowest BCUT2D eigenvalue weighted by atomic mass is 10.2. The van der Waals surface area contributed by atoms with Gasteiger partial charge < -0.3 is 10.5 Å². The van der Waals surface area contributed by atoms with E-state index >= 15 is 0 Å². The molecule has 0 aliphatic carbocycles. The van der Waals surface area contributed by atoms with Crippen molar-refractivity contribution in [2.24, 2.45) is 5.73 Å². The standard InChI is InChI=1S/C6H9N3O4.ClH/c1-2-12-6(11)3(7)4-5(10)9-13-8-4;/h3H,2,7H2,1H3,(H,9,10);1H. The zero-order valence-corrected chi connectivity index (χ0v) is 8.17. The maximum absolute atomic E-state index is 11.0. The predicted octanol–water partition coefficient (Wildman–Crippen LogP) is -0.652. The molecular weight excluding hydrogens is 214 g/mol. The van der Waals surface area contributed by atoms with E-state index in [1.807, 2.05) is 5.16 Å². The van der Waals surface area contributed by atoms with Gasteiger partial charge in [0.1, 0.15) is 0 Å². The van der Waals surface area contributed by atoms with Gasteiger partial charge in [-0.05, 0) is 6.92 Å². The van der Waals surface area contributed by atoms with Gasteiger partial charge in [0.05, 0.1) is 6.61 Å². The Bertz CT molecular complexity index is 347. The van der Waals surface area contributed by atoms with Crippen molar-refractivity contribution in [1.82, 2.24) is 10.3 Å². The number of hydrogen-bond donors (Lipinski definition) is 2. The summed E-state index contributed by atoms with van der Waals surface area (Å²) in [7, 11) is 0. The fraction of sp³-hybridized carbons (Fsp3) is 0.500. The summed E-state index contributed by atoms with van der Waals surface area (Å²) in [6.07, 6.45) is 0. The summed E-state index contributed by atoms with van der Waals surface area (Å²) >= 11 is 0. The molecule has 3 N–H and O–H groups in total. The summed E-state index contributed by atoms with van der Waals surface area (Å²) in [6, 6.07) is -1.19. The highest BCUT2D eigenvalue weighted by Gasteiger charge is 2.23. The van der Waals surface area contributed by atoms with Crippen LogP contribution in [-0.4, -0.2) is 22.9 Å². The van der Waals surface area contributed by atoms with E-state index in [0.717, 1.165) is 0 Å². The molecule has 0 spiro atoms. The van der Waals surface area contributed by atoms with Crippen LogP contribution in [0.3, 0.4) is 0 Å². The van der Waals surface area contributed by atoms with Crippen molar-refractivity contribution in [1.29, 1.82) is 0 Å². The summed E-state index contributed by atoms with van der Waals surface area (Å²) in [6.45, 7) is 1.83. The van der Waals surface area contributed by atoms with E-state index in [2.05, 4.69) is 14.5 Å². The van der Waals surface area contributed by atoms with Crippen LogP contribution < -0.4 is 11.3 Å². The molecule has 0 radical (unpaired) electrons. The molecular formula is C6H10ClN3O4. The molecule has 80 valence electrons. The van der Waals surface area contributed by atoms with Gasteiger partial charge in [0.25, 0.3) is 0 Å². The Hall–Kier alpha value is -1.34. The molecule has 0 aromatic carbocycles. The van der Waals surface area contributed by atoms with Gasteiger partial charge in [-0.1, -0.05) is 5.16 Å². The Labute approximate surface area is 85.0 Å². The van der Waals surface area contributed by atoms with Crippen LogP contribution in [0.15, 0.2) is 9.42 Å². The number of esters is 1. The largest absolute Gasteiger partial charge is 0.465 e. The molecule has 1 aromatic rings. The van der Waals surface area contributed by atoms with E-state index in [0.29, 0.717) is 0 Å². The van der Waals surface area contributed by atoms with Crippen LogP contribution in [0, 0.1) is 0 Å². The van der Waals surface area contributed by atoms with E-state index in [4.69, 9.17) is 5.73 Å². The van der Waals surface area contributed by atoms with Gasteiger partial charge in [0, 0.05) is 0 Å². The zero-order valence-electron chi connectivity index (χ0n) is 7.35. The second-order valence-electron chi connectivity index (χ2n) is 2.23. The molecule has 14 heavy (non-hydrogen) atoms. The second-order valence-corrected chi connectivity index (χ2v) is 2.23. The molecule has 1 atom stereocenters. The number of hydrogen-bond acceptors (Lipinski definition) is 6. The van der Waals surface area contributed by atoms with E-state index < -0.39 is 17.6 Å². The average molecular weight is 224 g/mol. The van der Waals surface area contributed by atoms with Crippen LogP contribution in [0.2, 0.25) is 0 Å². The number of nitrogens with zero attached hydrogens (tertiary/aromatic N) is 1. The van der Waals surface area contributed by atoms with Crippen LogP contribution in [0.4, 0.5) is 0 Å². The summed E-state index contributed by atoms with van der Waals surface area (Å²) in [4.78, 5) is 21.9. The van der Waals surface area contributed by atoms with E-state index in [-0.39, 0.29) is 24.7 Å². The molecule has 0 bridgehead atoms. The molecule has 1 aromatic heterocycles. The Balaban J connectivity index is 0.00000169. The minimum Gasteiger partial charge on any atom is -0.465 e. The van der Waals surface area contributed by atoms with E-state index in [9.17, 15) is 9.59 Å². The minimum absolute atomic E-state index is 0. The quantitative estimate of drug-likeness (QED) is 0.659. The fourth-order valence-electron chi connectivity index (χ4n) is 0.749. The fourth-order valence-corrected chi connectivity index (χ4v) is 0.749. The van der Waals surface area contributed by atoms with Crippen molar-refractivity contribution in [2.45, 2.75) is 13.0 Å². The molecule has 0 aliphatic heterocycles. The third-order valence-electron chi connectivity index (χ3n) is 1.35. The van der Waals surface area contributed by atoms with Crippen molar-refractivity contribution in [3.63, 3.8) is 0 Å². The van der Waals surface area contributed by atoms with Gasteiger partial charge in [-0.15, -0.1) is 12.4 Å². The van der Waals surface area contributed by atoms with Crippen molar-refractivity contribution in [3.8, 4) is 0 Å². The molecule has 0 saturated carbocycles. The first kappa shape index (κ1) is 12.7. The Morgan fingerprint density at radius 3 is 2.86 bits per heavy atom. The van der Waals surface area contributed by atoms with Gasteiger partial charge in [-0.2, -0.15) is 5.16 Å². The zero-order chi connectivity index (χ0) is 9.84. The van der Waals surface area contributed by atoms with Crippen LogP contribution in [-0.2, 0) is 9.53 Å². The number of aromatic nitrogens is 2. The number of carbonyl (C=O) groups is 1. The molecule has 0 aliphatic rings. The molecule has 1 unspecified atom stereocenters. The first-order chi connectivity index (χ1) is 6.16. The predicted molar refractivity (Wildman–Crippen MR) is 47.9 cm³/mol. The topological polar surface area (TPSA) is 111 Å². The first-order valence-electron chi connectivity index (χ1n) is 3.63. The Morgan fingerprint density at radius 2 is 2.43 bits per heavy atom. The van der Waals surface area contributed by atoms with Crippen LogP contribution in [0.25, 0.3) is 0 Å². The average Bonchev–Trinajstić information content (AvgIpc) is 2.50. The number of carbonyl (C=O) groups excluding carboxylic acids is 1. The van der Waals surface area contributed by atoms with Crippen molar-refractivity contribution >= 4 is 18.4 Å². The number of nitrogens with two attached hydrogens (primary N) is 1. The van der Waals surface area contributed by atoms with Crippen molar-refractivity contribution < 1.29 is 14.2 Å². The second kappa shape index (κ2) is 5.40. The lowest BCUT2D eigenvalue weighted by Crippen LogP contribution is -2.28. The Morgan fingerprint density at radius 1 is 1.79 bits per heavy atom. The molecule has 0 saturated heterocycles. The van der Waals surface area contributed by atoms with Gasteiger partial charge in [0.15, 0.2) is 11.7 Å². The number of nitrogens with one attached hydrogen (secondary N) is 1. The number of aromatic amines is 1. The third kappa shape index (κ3) is 2.57. The Kier molecular flexibility index (Phi) is 4.89. The highest BCUT2D eigenvalue weighted by Crippen LogP contribution is 2.02.